The van der Waals surface area contributed by atoms with Crippen LogP contribution in [-0.2, 0) is 0 Å². The average molecular weight is 801 g/mol. The van der Waals surface area contributed by atoms with Crippen LogP contribution in [0.2, 0.25) is 0 Å². The Bertz CT molecular complexity index is 3050. The molecule has 0 saturated carbocycles. The van der Waals surface area contributed by atoms with Gasteiger partial charge in [0.1, 0.15) is 0 Å². The second-order valence-corrected chi connectivity index (χ2v) is 16.4. The van der Waals surface area contributed by atoms with E-state index in [0.717, 1.165) is 11.4 Å². The van der Waals surface area contributed by atoms with Gasteiger partial charge in [0.2, 0.25) is 0 Å². The van der Waals surface area contributed by atoms with Crippen molar-refractivity contribution in [2.24, 2.45) is 0 Å². The van der Waals surface area contributed by atoms with Crippen LogP contribution in [0.5, 0.6) is 0 Å². The maximum atomic E-state index is 2.57. The fourth-order valence-electron chi connectivity index (χ4n) is 10.2. The zero-order valence-corrected chi connectivity index (χ0v) is 34.6. The van der Waals surface area contributed by atoms with Gasteiger partial charge in [-0.3, -0.25) is 0 Å². The lowest BCUT2D eigenvalue weighted by Crippen LogP contribution is -2.61. The summed E-state index contributed by atoms with van der Waals surface area (Å²) in [6.07, 6.45) is 0. The SMILES string of the molecule is c1ccc(-c2ccc3c(c2)B2c4cc(-c5ccccc5)ccc4N(c4ccccc4)c4c2c(c(-c2ccccc2)c(-c2ccccc2)c4-c2ccccc2)N3c2ccccc2)cc1. The molecular formula is C60H41BN2. The lowest BCUT2D eigenvalue weighted by molar-refractivity contribution is 1.25. The van der Waals surface area contributed by atoms with E-state index in [9.17, 15) is 0 Å². The van der Waals surface area contributed by atoms with Gasteiger partial charge < -0.3 is 9.80 Å². The van der Waals surface area contributed by atoms with Crippen molar-refractivity contribution in [3.05, 3.63) is 249 Å². The van der Waals surface area contributed by atoms with Gasteiger partial charge >= 0.3 is 0 Å². The maximum Gasteiger partial charge on any atom is 0.252 e. The molecule has 0 spiro atoms. The third kappa shape index (κ3) is 6.12. The molecule has 2 aliphatic heterocycles. The van der Waals surface area contributed by atoms with Gasteiger partial charge in [-0.15, -0.1) is 0 Å². The monoisotopic (exact) mass is 800 g/mol. The zero-order valence-electron chi connectivity index (χ0n) is 34.6. The maximum absolute atomic E-state index is 2.57. The molecule has 2 aliphatic rings. The number of para-hydroxylation sites is 2. The summed E-state index contributed by atoms with van der Waals surface area (Å²) < 4.78 is 0. The minimum absolute atomic E-state index is 0.123. The molecular weight excluding hydrogens is 759 g/mol. The normalized spacial score (nSPS) is 12.3. The predicted octanol–water partition coefficient (Wildman–Crippen LogP) is 14.1. The Morgan fingerprint density at radius 3 is 0.905 bits per heavy atom. The highest BCUT2D eigenvalue weighted by molar-refractivity contribution is 7.00. The third-order valence-electron chi connectivity index (χ3n) is 12.8. The third-order valence-corrected chi connectivity index (χ3v) is 12.8. The van der Waals surface area contributed by atoms with Crippen LogP contribution >= 0.6 is 0 Å². The minimum atomic E-state index is -0.123. The van der Waals surface area contributed by atoms with Gasteiger partial charge in [-0.1, -0.05) is 212 Å². The molecule has 63 heavy (non-hydrogen) atoms. The van der Waals surface area contributed by atoms with Crippen LogP contribution in [-0.4, -0.2) is 6.71 Å². The van der Waals surface area contributed by atoms with Crippen molar-refractivity contribution in [2.75, 3.05) is 9.80 Å². The smallest absolute Gasteiger partial charge is 0.252 e. The largest absolute Gasteiger partial charge is 0.311 e. The quantitative estimate of drug-likeness (QED) is 0.148. The molecule has 0 aromatic heterocycles. The predicted molar refractivity (Wildman–Crippen MR) is 268 cm³/mol. The highest BCUT2D eigenvalue weighted by Gasteiger charge is 2.47. The molecule has 294 valence electrons. The van der Waals surface area contributed by atoms with E-state index in [0.29, 0.717) is 0 Å². The molecule has 10 aromatic rings. The number of rotatable bonds is 7. The number of nitrogens with zero attached hydrogens (tertiary/aromatic N) is 2. The lowest BCUT2D eigenvalue weighted by atomic mass is 9.32. The standard InChI is InChI=1S/C60H41BN2/c1-8-22-42(23-9-1)47-36-38-53-51(40-47)61-52-41-48(43-24-10-2-11-25-43)37-39-54(52)63(50-34-20-7-21-35-50)60-57(46-30-16-5-17-31-46)55(44-26-12-3-13-27-44)56(45-28-14-4-15-29-45)59(58(60)61)62(53)49-32-18-6-19-33-49/h1-41H. The minimum Gasteiger partial charge on any atom is -0.311 e. The first kappa shape index (κ1) is 36.7. The highest BCUT2D eigenvalue weighted by atomic mass is 15.2. The fourth-order valence-corrected chi connectivity index (χ4v) is 10.2. The van der Waals surface area contributed by atoms with Crippen molar-refractivity contribution < 1.29 is 0 Å². The van der Waals surface area contributed by atoms with E-state index in [4.69, 9.17) is 0 Å². The summed E-state index contributed by atoms with van der Waals surface area (Å²) >= 11 is 0. The summed E-state index contributed by atoms with van der Waals surface area (Å²) in [5.41, 5.74) is 22.8. The Morgan fingerprint density at radius 1 is 0.254 bits per heavy atom. The van der Waals surface area contributed by atoms with E-state index in [1.54, 1.807) is 0 Å². The van der Waals surface area contributed by atoms with Crippen molar-refractivity contribution in [1.82, 2.24) is 0 Å². The molecule has 0 fully saturated rings. The van der Waals surface area contributed by atoms with Crippen LogP contribution < -0.4 is 26.2 Å². The van der Waals surface area contributed by atoms with E-state index >= 15 is 0 Å². The average Bonchev–Trinajstić information content (AvgIpc) is 3.37. The Kier molecular flexibility index (Phi) is 8.97. The van der Waals surface area contributed by atoms with Crippen molar-refractivity contribution >= 4 is 57.2 Å². The van der Waals surface area contributed by atoms with Gasteiger partial charge in [0.25, 0.3) is 6.71 Å². The second kappa shape index (κ2) is 15.4. The van der Waals surface area contributed by atoms with Crippen molar-refractivity contribution in [2.45, 2.75) is 0 Å². The summed E-state index contributed by atoms with van der Waals surface area (Å²) in [4.78, 5) is 5.14. The van der Waals surface area contributed by atoms with Gasteiger partial charge in [0.05, 0.1) is 11.4 Å². The molecule has 3 heteroatoms. The molecule has 10 aromatic carbocycles. The first-order chi connectivity index (χ1) is 31.3. The van der Waals surface area contributed by atoms with Gasteiger partial charge in [0, 0.05) is 39.4 Å². The molecule has 0 aliphatic carbocycles. The molecule has 0 radical (unpaired) electrons. The zero-order chi connectivity index (χ0) is 41.7. The van der Waals surface area contributed by atoms with Gasteiger partial charge in [-0.2, -0.15) is 0 Å². The fraction of sp³-hybridized carbons (Fsp3) is 0. The van der Waals surface area contributed by atoms with Crippen LogP contribution in [0.15, 0.2) is 249 Å². The summed E-state index contributed by atoms with van der Waals surface area (Å²) in [5.74, 6) is 0. The van der Waals surface area contributed by atoms with E-state index in [1.807, 2.05) is 0 Å². The Balaban J connectivity index is 1.33. The second-order valence-electron chi connectivity index (χ2n) is 16.4. The van der Waals surface area contributed by atoms with Gasteiger partial charge in [-0.25, -0.2) is 0 Å². The highest BCUT2D eigenvalue weighted by Crippen LogP contribution is 2.56. The molecule has 12 rings (SSSR count). The number of benzene rings is 10. The number of fused-ring (bicyclic) bond motifs is 4. The Morgan fingerprint density at radius 2 is 0.556 bits per heavy atom. The Labute approximate surface area is 369 Å². The summed E-state index contributed by atoms with van der Waals surface area (Å²) in [7, 11) is 0. The van der Waals surface area contributed by atoms with E-state index in [1.165, 1.54) is 94.8 Å². The summed E-state index contributed by atoms with van der Waals surface area (Å²) in [6, 6.07) is 91.2. The Hall–Kier alpha value is -8.14. The molecule has 0 amide bonds. The molecule has 0 unspecified atom stereocenters. The van der Waals surface area contributed by atoms with Crippen molar-refractivity contribution in [3.8, 4) is 55.6 Å². The molecule has 0 N–H and O–H groups in total. The van der Waals surface area contributed by atoms with E-state index in [2.05, 4.69) is 259 Å². The number of hydrogen-bond donors (Lipinski definition) is 0. The van der Waals surface area contributed by atoms with Crippen molar-refractivity contribution in [1.29, 1.82) is 0 Å². The lowest BCUT2D eigenvalue weighted by Gasteiger charge is -2.47. The summed E-state index contributed by atoms with van der Waals surface area (Å²) in [6.45, 7) is -0.123. The summed E-state index contributed by atoms with van der Waals surface area (Å²) in [5, 5.41) is 0. The van der Waals surface area contributed by atoms with Crippen LogP contribution in [0.25, 0.3) is 55.6 Å². The topological polar surface area (TPSA) is 6.48 Å². The van der Waals surface area contributed by atoms with E-state index in [-0.39, 0.29) is 6.71 Å². The molecule has 2 nitrogen and oxygen atoms in total. The number of anilines is 6. The van der Waals surface area contributed by atoms with Crippen LogP contribution in [0, 0.1) is 0 Å². The van der Waals surface area contributed by atoms with Crippen molar-refractivity contribution in [3.63, 3.8) is 0 Å². The van der Waals surface area contributed by atoms with Gasteiger partial charge in [0.15, 0.2) is 0 Å². The van der Waals surface area contributed by atoms with Crippen LogP contribution in [0.3, 0.4) is 0 Å². The first-order valence-electron chi connectivity index (χ1n) is 21.8. The molecule has 2 heterocycles. The first-order valence-corrected chi connectivity index (χ1v) is 21.8. The van der Waals surface area contributed by atoms with Gasteiger partial charge in [-0.05, 0) is 91.7 Å². The van der Waals surface area contributed by atoms with Crippen LogP contribution in [0.1, 0.15) is 0 Å². The van der Waals surface area contributed by atoms with E-state index < -0.39 is 0 Å². The molecule has 0 atom stereocenters. The van der Waals surface area contributed by atoms with Crippen LogP contribution in [0.4, 0.5) is 34.1 Å². The number of hydrogen-bond acceptors (Lipinski definition) is 2. The molecule has 0 bridgehead atoms. The molecule has 0 saturated heterocycles.